The highest BCUT2D eigenvalue weighted by atomic mass is 79.9. The number of anilines is 1. The van der Waals surface area contributed by atoms with Gasteiger partial charge in [-0.15, -0.1) is 0 Å². The number of nitrogens with zero attached hydrogens (tertiary/aromatic N) is 4. The molecule has 0 atom stereocenters. The molecule has 19 heavy (non-hydrogen) atoms. The molecule has 1 aliphatic heterocycles. The van der Waals surface area contributed by atoms with E-state index < -0.39 is 0 Å². The van der Waals surface area contributed by atoms with Crippen molar-refractivity contribution in [2.75, 3.05) is 43.0 Å². The Balaban J connectivity index is 2.12. The summed E-state index contributed by atoms with van der Waals surface area (Å²) >= 11 is 3.46. The zero-order valence-electron chi connectivity index (χ0n) is 11.5. The largest absolute Gasteiger partial charge is 0.349 e. The summed E-state index contributed by atoms with van der Waals surface area (Å²) in [5, 5.41) is 0.997. The van der Waals surface area contributed by atoms with Gasteiger partial charge < -0.3 is 9.47 Å². The van der Waals surface area contributed by atoms with Crippen LogP contribution < -0.4 is 10.5 Å². The van der Waals surface area contributed by atoms with E-state index in [0.717, 1.165) is 38.1 Å². The number of aromatic nitrogens is 2. The smallest absolute Gasteiger partial charge is 0.293 e. The lowest BCUT2D eigenvalue weighted by atomic mass is 10.3. The molecule has 1 saturated heterocycles. The van der Waals surface area contributed by atoms with Gasteiger partial charge in [-0.3, -0.25) is 9.69 Å². The van der Waals surface area contributed by atoms with Crippen molar-refractivity contribution in [1.82, 2.24) is 14.5 Å². The number of rotatable bonds is 4. The first kappa shape index (κ1) is 14.5. The van der Waals surface area contributed by atoms with Crippen LogP contribution in [0.15, 0.2) is 17.2 Å². The fourth-order valence-electron chi connectivity index (χ4n) is 2.34. The van der Waals surface area contributed by atoms with Gasteiger partial charge >= 0.3 is 0 Å². The van der Waals surface area contributed by atoms with Crippen LogP contribution in [-0.2, 0) is 0 Å². The summed E-state index contributed by atoms with van der Waals surface area (Å²) in [5.41, 5.74) is 0.0199. The van der Waals surface area contributed by atoms with Crippen molar-refractivity contribution in [2.45, 2.75) is 19.9 Å². The molecule has 1 aromatic rings. The van der Waals surface area contributed by atoms with Gasteiger partial charge in [-0.05, 0) is 13.8 Å². The van der Waals surface area contributed by atoms with Crippen LogP contribution in [0.3, 0.4) is 0 Å². The molecule has 1 aromatic heterocycles. The summed E-state index contributed by atoms with van der Waals surface area (Å²) in [7, 11) is 0. The number of hydrogen-bond acceptors (Lipinski definition) is 4. The van der Waals surface area contributed by atoms with Crippen molar-refractivity contribution >= 4 is 21.7 Å². The van der Waals surface area contributed by atoms with Crippen molar-refractivity contribution in [1.29, 1.82) is 0 Å². The molecule has 2 rings (SSSR count). The van der Waals surface area contributed by atoms with E-state index in [1.54, 1.807) is 17.0 Å². The Bertz CT molecular complexity index is 466. The molecular formula is C13H21BrN4O. The Labute approximate surface area is 122 Å². The second-order valence-corrected chi connectivity index (χ2v) is 5.87. The number of piperazine rings is 1. The molecule has 0 aromatic carbocycles. The molecule has 0 amide bonds. The normalized spacial score (nSPS) is 17.2. The van der Waals surface area contributed by atoms with Crippen molar-refractivity contribution in [3.8, 4) is 0 Å². The Morgan fingerprint density at radius 1 is 1.32 bits per heavy atom. The summed E-state index contributed by atoms with van der Waals surface area (Å²) in [6.45, 7) is 8.81. The Morgan fingerprint density at radius 3 is 2.58 bits per heavy atom. The lowest BCUT2D eigenvalue weighted by Crippen LogP contribution is -2.49. The van der Waals surface area contributed by atoms with Gasteiger partial charge in [0.15, 0.2) is 5.82 Å². The number of hydrogen-bond donors (Lipinski definition) is 0. The van der Waals surface area contributed by atoms with Crippen molar-refractivity contribution in [2.24, 2.45) is 0 Å². The minimum atomic E-state index is 0.0199. The third kappa shape index (κ3) is 3.36. The molecule has 1 fully saturated rings. The van der Waals surface area contributed by atoms with Crippen molar-refractivity contribution in [3.05, 3.63) is 22.7 Å². The van der Waals surface area contributed by atoms with Crippen LogP contribution in [0, 0.1) is 0 Å². The molecule has 0 saturated carbocycles. The van der Waals surface area contributed by atoms with E-state index in [1.165, 1.54) is 0 Å². The molecule has 0 spiro atoms. The van der Waals surface area contributed by atoms with Gasteiger partial charge in [0.1, 0.15) is 0 Å². The first-order valence-corrected chi connectivity index (χ1v) is 7.86. The minimum absolute atomic E-state index is 0.0199. The lowest BCUT2D eigenvalue weighted by molar-refractivity contribution is 0.273. The molecule has 0 unspecified atom stereocenters. The van der Waals surface area contributed by atoms with Gasteiger partial charge in [0.05, 0.1) is 0 Å². The van der Waals surface area contributed by atoms with Crippen LogP contribution in [0.5, 0.6) is 0 Å². The maximum atomic E-state index is 12.4. The number of halogens is 1. The Morgan fingerprint density at radius 2 is 2.00 bits per heavy atom. The fourth-order valence-corrected chi connectivity index (χ4v) is 2.84. The van der Waals surface area contributed by atoms with E-state index in [4.69, 9.17) is 0 Å². The molecule has 0 N–H and O–H groups in total. The highest BCUT2D eigenvalue weighted by molar-refractivity contribution is 9.09. The fraction of sp³-hybridized carbons (Fsp3) is 0.692. The summed E-state index contributed by atoms with van der Waals surface area (Å²) in [4.78, 5) is 21.1. The van der Waals surface area contributed by atoms with Gasteiger partial charge in [-0.1, -0.05) is 15.9 Å². The molecule has 5 nitrogen and oxygen atoms in total. The number of alkyl halides is 1. The molecular weight excluding hydrogens is 308 g/mol. The molecule has 1 aliphatic rings. The first-order chi connectivity index (χ1) is 9.13. The Kier molecular flexibility index (Phi) is 4.99. The predicted octanol–water partition coefficient (Wildman–Crippen LogP) is 1.34. The van der Waals surface area contributed by atoms with Gasteiger partial charge in [-0.2, -0.15) is 0 Å². The van der Waals surface area contributed by atoms with Crippen LogP contribution in [0.25, 0.3) is 0 Å². The van der Waals surface area contributed by atoms with Crippen molar-refractivity contribution < 1.29 is 0 Å². The zero-order chi connectivity index (χ0) is 13.8. The first-order valence-electron chi connectivity index (χ1n) is 6.74. The minimum Gasteiger partial charge on any atom is -0.349 e. The Hall–Kier alpha value is -0.880. The second-order valence-electron chi connectivity index (χ2n) is 5.07. The quantitative estimate of drug-likeness (QED) is 0.782. The summed E-state index contributed by atoms with van der Waals surface area (Å²) in [5.74, 6) is 0.592. The van der Waals surface area contributed by atoms with E-state index in [9.17, 15) is 4.79 Å². The molecule has 2 heterocycles. The summed E-state index contributed by atoms with van der Waals surface area (Å²) < 4.78 is 1.74. The molecule has 0 radical (unpaired) electrons. The molecule has 106 valence electrons. The maximum Gasteiger partial charge on any atom is 0.293 e. The van der Waals surface area contributed by atoms with Gasteiger partial charge in [0.25, 0.3) is 5.56 Å². The van der Waals surface area contributed by atoms with Crippen LogP contribution >= 0.6 is 15.9 Å². The van der Waals surface area contributed by atoms with Gasteiger partial charge in [-0.25, -0.2) is 4.98 Å². The predicted molar refractivity (Wildman–Crippen MR) is 81.3 cm³/mol. The summed E-state index contributed by atoms with van der Waals surface area (Å²) in [6.07, 6.45) is 3.49. The van der Waals surface area contributed by atoms with Gasteiger partial charge in [0.2, 0.25) is 0 Å². The van der Waals surface area contributed by atoms with E-state index in [-0.39, 0.29) is 11.6 Å². The molecule has 6 heteroatoms. The second kappa shape index (κ2) is 6.52. The highest BCUT2D eigenvalue weighted by Crippen LogP contribution is 2.10. The van der Waals surface area contributed by atoms with Crippen LogP contribution in [0.2, 0.25) is 0 Å². The van der Waals surface area contributed by atoms with Crippen LogP contribution in [-0.4, -0.2) is 52.5 Å². The van der Waals surface area contributed by atoms with E-state index in [1.807, 2.05) is 13.8 Å². The lowest BCUT2D eigenvalue weighted by Gasteiger charge is -2.34. The molecule has 0 aliphatic carbocycles. The average Bonchev–Trinajstić information content (AvgIpc) is 2.40. The third-order valence-electron chi connectivity index (χ3n) is 3.48. The van der Waals surface area contributed by atoms with E-state index in [0.29, 0.717) is 5.82 Å². The highest BCUT2D eigenvalue weighted by Gasteiger charge is 2.20. The maximum absolute atomic E-state index is 12.4. The van der Waals surface area contributed by atoms with Crippen LogP contribution in [0.4, 0.5) is 5.82 Å². The SMILES string of the molecule is CC(C)n1ccnc(N2CCN(CCBr)CC2)c1=O. The van der Waals surface area contributed by atoms with Gasteiger partial charge in [0, 0.05) is 56.5 Å². The monoisotopic (exact) mass is 328 g/mol. The standard InChI is InChI=1S/C13H21BrN4O/c1-11(2)18-6-4-15-12(13(18)19)17-9-7-16(5-3-14)8-10-17/h4,6,11H,3,5,7-10H2,1-2H3. The van der Waals surface area contributed by atoms with E-state index >= 15 is 0 Å². The van der Waals surface area contributed by atoms with Crippen molar-refractivity contribution in [3.63, 3.8) is 0 Å². The average molecular weight is 329 g/mol. The topological polar surface area (TPSA) is 41.4 Å². The van der Waals surface area contributed by atoms with E-state index in [2.05, 4.69) is 30.7 Å². The molecule has 0 bridgehead atoms. The zero-order valence-corrected chi connectivity index (χ0v) is 13.1. The third-order valence-corrected chi connectivity index (χ3v) is 3.83. The van der Waals surface area contributed by atoms with Crippen LogP contribution in [0.1, 0.15) is 19.9 Å². The summed E-state index contributed by atoms with van der Waals surface area (Å²) in [6, 6.07) is 0.170.